The minimum atomic E-state index is -0.798. The Labute approximate surface area is 120 Å². The second-order valence-corrected chi connectivity index (χ2v) is 7.23. The SMILES string of the molecule is CC(C)(C)C1NC(=O)C(C)(C2CC2)N(CCCF)C1=O. The Morgan fingerprint density at radius 2 is 1.95 bits per heavy atom. The summed E-state index contributed by atoms with van der Waals surface area (Å²) in [7, 11) is 0. The van der Waals surface area contributed by atoms with Crippen molar-refractivity contribution >= 4 is 11.8 Å². The van der Waals surface area contributed by atoms with E-state index in [0.717, 1.165) is 12.8 Å². The van der Waals surface area contributed by atoms with E-state index in [4.69, 9.17) is 0 Å². The van der Waals surface area contributed by atoms with E-state index in [1.165, 1.54) is 0 Å². The van der Waals surface area contributed by atoms with Crippen LogP contribution in [0.4, 0.5) is 4.39 Å². The van der Waals surface area contributed by atoms with E-state index in [2.05, 4.69) is 5.32 Å². The van der Waals surface area contributed by atoms with E-state index in [-0.39, 0.29) is 29.6 Å². The fourth-order valence-electron chi connectivity index (χ4n) is 3.04. The number of hydrogen-bond acceptors (Lipinski definition) is 2. The molecule has 0 spiro atoms. The van der Waals surface area contributed by atoms with Crippen LogP contribution in [0, 0.1) is 11.3 Å². The van der Waals surface area contributed by atoms with Gasteiger partial charge in [0.05, 0.1) is 6.67 Å². The summed E-state index contributed by atoms with van der Waals surface area (Å²) in [5, 5.41) is 2.90. The van der Waals surface area contributed by atoms with Crippen LogP contribution in [-0.4, -0.2) is 41.5 Å². The lowest BCUT2D eigenvalue weighted by molar-refractivity contribution is -0.161. The highest BCUT2D eigenvalue weighted by atomic mass is 19.1. The van der Waals surface area contributed by atoms with Gasteiger partial charge in [-0.3, -0.25) is 14.0 Å². The zero-order chi connectivity index (χ0) is 15.1. The van der Waals surface area contributed by atoms with Gasteiger partial charge >= 0.3 is 0 Å². The average molecular weight is 284 g/mol. The van der Waals surface area contributed by atoms with Crippen molar-refractivity contribution < 1.29 is 14.0 Å². The van der Waals surface area contributed by atoms with E-state index in [1.807, 2.05) is 27.7 Å². The molecule has 0 aromatic rings. The molecule has 2 amide bonds. The van der Waals surface area contributed by atoms with Gasteiger partial charge < -0.3 is 10.2 Å². The van der Waals surface area contributed by atoms with E-state index < -0.39 is 18.3 Å². The summed E-state index contributed by atoms with van der Waals surface area (Å²) in [4.78, 5) is 27.0. The predicted molar refractivity (Wildman–Crippen MR) is 74.8 cm³/mol. The molecule has 2 aliphatic rings. The van der Waals surface area contributed by atoms with Crippen molar-refractivity contribution in [3.8, 4) is 0 Å². The first-order valence-electron chi connectivity index (χ1n) is 7.41. The van der Waals surface area contributed by atoms with E-state index in [0.29, 0.717) is 6.54 Å². The zero-order valence-electron chi connectivity index (χ0n) is 12.8. The second-order valence-electron chi connectivity index (χ2n) is 7.23. The maximum absolute atomic E-state index is 12.8. The van der Waals surface area contributed by atoms with Gasteiger partial charge in [0.2, 0.25) is 11.8 Å². The number of carbonyl (C=O) groups excluding carboxylic acids is 2. The number of rotatable bonds is 4. The highest BCUT2D eigenvalue weighted by Crippen LogP contribution is 2.45. The van der Waals surface area contributed by atoms with Crippen LogP contribution >= 0.6 is 0 Å². The molecule has 1 aliphatic heterocycles. The number of carbonyl (C=O) groups is 2. The first-order valence-corrected chi connectivity index (χ1v) is 7.41. The summed E-state index contributed by atoms with van der Waals surface area (Å²) in [6.45, 7) is 7.48. The summed E-state index contributed by atoms with van der Waals surface area (Å²) < 4.78 is 12.5. The van der Waals surface area contributed by atoms with Crippen LogP contribution in [-0.2, 0) is 9.59 Å². The fourth-order valence-corrected chi connectivity index (χ4v) is 3.04. The fraction of sp³-hybridized carbons (Fsp3) is 0.867. The van der Waals surface area contributed by atoms with Crippen LogP contribution in [0.25, 0.3) is 0 Å². The van der Waals surface area contributed by atoms with Gasteiger partial charge in [-0.2, -0.15) is 0 Å². The van der Waals surface area contributed by atoms with Gasteiger partial charge in [-0.1, -0.05) is 20.8 Å². The standard InChI is InChI=1S/C15H25FN2O2/c1-14(2,3)11-12(19)18(9-5-8-16)15(4,10-6-7-10)13(20)17-11/h10-11H,5-9H2,1-4H3,(H,17,20). The maximum Gasteiger partial charge on any atom is 0.246 e. The first kappa shape index (κ1) is 15.3. The summed E-state index contributed by atoms with van der Waals surface area (Å²) in [6, 6.07) is -0.526. The van der Waals surface area contributed by atoms with Crippen molar-refractivity contribution in [1.82, 2.24) is 10.2 Å². The molecule has 2 unspecified atom stereocenters. The number of amides is 2. The van der Waals surface area contributed by atoms with Crippen LogP contribution in [0.15, 0.2) is 0 Å². The molecule has 0 bridgehead atoms. The molecule has 0 aromatic carbocycles. The molecule has 114 valence electrons. The summed E-state index contributed by atoms with van der Waals surface area (Å²) >= 11 is 0. The molecule has 0 aromatic heterocycles. The van der Waals surface area contributed by atoms with Crippen molar-refractivity contribution in [3.05, 3.63) is 0 Å². The van der Waals surface area contributed by atoms with Crippen LogP contribution in [0.1, 0.15) is 47.0 Å². The number of nitrogens with one attached hydrogen (secondary N) is 1. The van der Waals surface area contributed by atoms with Crippen molar-refractivity contribution in [3.63, 3.8) is 0 Å². The van der Waals surface area contributed by atoms with Gasteiger partial charge in [0.25, 0.3) is 0 Å². The number of alkyl halides is 1. The van der Waals surface area contributed by atoms with Crippen molar-refractivity contribution in [2.75, 3.05) is 13.2 Å². The molecular formula is C15H25FN2O2. The average Bonchev–Trinajstić information content (AvgIpc) is 3.16. The molecule has 5 heteroatoms. The molecule has 2 fully saturated rings. The Morgan fingerprint density at radius 3 is 2.40 bits per heavy atom. The van der Waals surface area contributed by atoms with Crippen molar-refractivity contribution in [1.29, 1.82) is 0 Å². The molecule has 2 atom stereocenters. The van der Waals surface area contributed by atoms with Gasteiger partial charge in [0, 0.05) is 6.54 Å². The third-order valence-electron chi connectivity index (χ3n) is 4.56. The second kappa shape index (κ2) is 5.01. The number of hydrogen-bond donors (Lipinski definition) is 1. The highest BCUT2D eigenvalue weighted by molar-refractivity contribution is 6.00. The number of halogens is 1. The predicted octanol–water partition coefficient (Wildman–Crippen LogP) is 1.89. The smallest absolute Gasteiger partial charge is 0.246 e. The van der Waals surface area contributed by atoms with E-state index in [9.17, 15) is 14.0 Å². The molecular weight excluding hydrogens is 259 g/mol. The van der Waals surface area contributed by atoms with Gasteiger partial charge in [-0.05, 0) is 37.5 Å². The van der Waals surface area contributed by atoms with E-state index >= 15 is 0 Å². The van der Waals surface area contributed by atoms with Crippen molar-refractivity contribution in [2.24, 2.45) is 11.3 Å². The Balaban J connectivity index is 2.31. The van der Waals surface area contributed by atoms with Crippen LogP contribution in [0.2, 0.25) is 0 Å². The highest BCUT2D eigenvalue weighted by Gasteiger charge is 2.58. The Morgan fingerprint density at radius 1 is 1.35 bits per heavy atom. The normalized spacial score (nSPS) is 31.4. The molecule has 1 aliphatic carbocycles. The molecule has 1 saturated carbocycles. The molecule has 1 heterocycles. The van der Waals surface area contributed by atoms with Gasteiger partial charge in [-0.25, -0.2) is 0 Å². The Bertz CT molecular complexity index is 415. The summed E-state index contributed by atoms with van der Waals surface area (Å²) in [5.41, 5.74) is -1.14. The van der Waals surface area contributed by atoms with Crippen LogP contribution < -0.4 is 5.32 Å². The minimum Gasteiger partial charge on any atom is -0.342 e. The number of piperazine rings is 1. The molecule has 0 radical (unpaired) electrons. The molecule has 2 rings (SSSR count). The largest absolute Gasteiger partial charge is 0.342 e. The Hall–Kier alpha value is -1.13. The van der Waals surface area contributed by atoms with Gasteiger partial charge in [-0.15, -0.1) is 0 Å². The third-order valence-corrected chi connectivity index (χ3v) is 4.56. The lowest BCUT2D eigenvalue weighted by Gasteiger charge is -2.49. The lowest BCUT2D eigenvalue weighted by Crippen LogP contribution is -2.72. The van der Waals surface area contributed by atoms with Crippen LogP contribution in [0.3, 0.4) is 0 Å². The first-order chi connectivity index (χ1) is 9.22. The maximum atomic E-state index is 12.8. The molecule has 20 heavy (non-hydrogen) atoms. The quantitative estimate of drug-likeness (QED) is 0.857. The monoisotopic (exact) mass is 284 g/mol. The molecule has 1 N–H and O–H groups in total. The van der Waals surface area contributed by atoms with E-state index in [1.54, 1.807) is 4.90 Å². The van der Waals surface area contributed by atoms with Gasteiger partial charge in [0.1, 0.15) is 11.6 Å². The summed E-state index contributed by atoms with van der Waals surface area (Å²) in [5.74, 6) is 0.0605. The summed E-state index contributed by atoms with van der Waals surface area (Å²) in [6.07, 6.45) is 2.21. The topological polar surface area (TPSA) is 49.4 Å². The lowest BCUT2D eigenvalue weighted by atomic mass is 9.80. The zero-order valence-corrected chi connectivity index (χ0v) is 12.8. The van der Waals surface area contributed by atoms with Crippen LogP contribution in [0.5, 0.6) is 0 Å². The third kappa shape index (κ3) is 2.42. The minimum absolute atomic E-state index is 0.0695. The molecule has 4 nitrogen and oxygen atoms in total. The van der Waals surface area contributed by atoms with Crippen molar-refractivity contribution in [2.45, 2.75) is 58.5 Å². The Kier molecular flexibility index (Phi) is 3.82. The van der Waals surface area contributed by atoms with Gasteiger partial charge in [0.15, 0.2) is 0 Å². The molecule has 1 saturated heterocycles. The number of nitrogens with zero attached hydrogens (tertiary/aromatic N) is 1.